The van der Waals surface area contributed by atoms with Crippen LogP contribution >= 0.6 is 11.8 Å². The quantitative estimate of drug-likeness (QED) is 0.125. The molecule has 0 bridgehead atoms. The highest BCUT2D eigenvalue weighted by Gasteiger charge is 2.10. The SMILES string of the molecule is C=CC(=O)OCCOCCOc1c2ccccc2cc2ccc(Sc3ccccc3)cc12. The van der Waals surface area contributed by atoms with Crippen molar-refractivity contribution < 1.29 is 19.0 Å². The number of esters is 1. The first-order valence-electron chi connectivity index (χ1n) is 10.4. The molecule has 32 heavy (non-hydrogen) atoms. The van der Waals surface area contributed by atoms with Crippen molar-refractivity contribution in [1.82, 2.24) is 0 Å². The number of benzene rings is 4. The van der Waals surface area contributed by atoms with Crippen LogP contribution in [0.4, 0.5) is 0 Å². The van der Waals surface area contributed by atoms with E-state index in [-0.39, 0.29) is 6.61 Å². The topological polar surface area (TPSA) is 44.8 Å². The lowest BCUT2D eigenvalue weighted by Gasteiger charge is -2.14. The molecule has 0 aromatic heterocycles. The first kappa shape index (κ1) is 21.9. The Morgan fingerprint density at radius 1 is 0.781 bits per heavy atom. The van der Waals surface area contributed by atoms with Crippen molar-refractivity contribution in [2.45, 2.75) is 9.79 Å². The second kappa shape index (κ2) is 10.8. The van der Waals surface area contributed by atoms with Crippen molar-refractivity contribution in [1.29, 1.82) is 0 Å². The number of hydrogen-bond acceptors (Lipinski definition) is 5. The van der Waals surface area contributed by atoms with Crippen LogP contribution in [0, 0.1) is 0 Å². The van der Waals surface area contributed by atoms with E-state index in [1.807, 2.05) is 30.3 Å². The third-order valence-electron chi connectivity index (χ3n) is 4.88. The summed E-state index contributed by atoms with van der Waals surface area (Å²) in [6, 6.07) is 27.2. The molecule has 0 atom stereocenters. The fourth-order valence-corrected chi connectivity index (χ4v) is 4.29. The van der Waals surface area contributed by atoms with E-state index >= 15 is 0 Å². The van der Waals surface area contributed by atoms with E-state index < -0.39 is 5.97 Å². The minimum Gasteiger partial charge on any atom is -0.490 e. The average molecular weight is 445 g/mol. The minimum atomic E-state index is -0.448. The van der Waals surface area contributed by atoms with Crippen LogP contribution in [0.25, 0.3) is 21.5 Å². The van der Waals surface area contributed by atoms with Crippen molar-refractivity contribution >= 4 is 39.3 Å². The highest BCUT2D eigenvalue weighted by Crippen LogP contribution is 2.38. The van der Waals surface area contributed by atoms with E-state index in [1.165, 1.54) is 4.90 Å². The molecule has 4 nitrogen and oxygen atoms in total. The fourth-order valence-electron chi connectivity index (χ4n) is 3.41. The molecule has 0 aliphatic rings. The molecule has 0 N–H and O–H groups in total. The summed E-state index contributed by atoms with van der Waals surface area (Å²) < 4.78 is 16.7. The molecule has 4 aromatic carbocycles. The molecule has 0 unspecified atom stereocenters. The number of fused-ring (bicyclic) bond motifs is 2. The second-order valence-corrected chi connectivity index (χ2v) is 8.20. The minimum absolute atomic E-state index is 0.197. The van der Waals surface area contributed by atoms with E-state index in [2.05, 4.69) is 55.1 Å². The lowest BCUT2D eigenvalue weighted by Crippen LogP contribution is -2.12. The van der Waals surface area contributed by atoms with E-state index in [0.717, 1.165) is 38.3 Å². The zero-order chi connectivity index (χ0) is 22.2. The first-order valence-corrected chi connectivity index (χ1v) is 11.2. The molecular weight excluding hydrogens is 420 g/mol. The Hall–Kier alpha value is -3.28. The molecule has 162 valence electrons. The molecule has 0 heterocycles. The van der Waals surface area contributed by atoms with Crippen LogP contribution in [0.15, 0.2) is 101 Å². The first-order chi connectivity index (χ1) is 15.7. The highest BCUT2D eigenvalue weighted by atomic mass is 32.2. The molecule has 0 aliphatic carbocycles. The normalized spacial score (nSPS) is 10.9. The van der Waals surface area contributed by atoms with Gasteiger partial charge in [-0.1, -0.05) is 66.9 Å². The molecule has 4 rings (SSSR count). The summed E-state index contributed by atoms with van der Waals surface area (Å²) in [4.78, 5) is 13.4. The predicted molar refractivity (Wildman–Crippen MR) is 129 cm³/mol. The Morgan fingerprint density at radius 3 is 2.38 bits per heavy atom. The highest BCUT2D eigenvalue weighted by molar-refractivity contribution is 7.99. The van der Waals surface area contributed by atoms with Crippen molar-refractivity contribution in [3.63, 3.8) is 0 Å². The summed E-state index contributed by atoms with van der Waals surface area (Å²) >= 11 is 1.73. The van der Waals surface area contributed by atoms with Crippen LogP contribution in [-0.4, -0.2) is 32.4 Å². The van der Waals surface area contributed by atoms with Gasteiger partial charge in [-0.05, 0) is 41.1 Å². The molecule has 5 heteroatoms. The number of carbonyl (C=O) groups is 1. The molecule has 0 saturated carbocycles. The van der Waals surface area contributed by atoms with Gasteiger partial charge in [-0.25, -0.2) is 4.79 Å². The summed E-state index contributed by atoms with van der Waals surface area (Å²) in [7, 11) is 0. The molecule has 0 amide bonds. The number of carbonyl (C=O) groups excluding carboxylic acids is 1. The van der Waals surface area contributed by atoms with Gasteiger partial charge in [0.25, 0.3) is 0 Å². The monoisotopic (exact) mass is 444 g/mol. The maximum absolute atomic E-state index is 11.1. The summed E-state index contributed by atoms with van der Waals surface area (Å²) in [6.45, 7) is 4.67. The van der Waals surface area contributed by atoms with Gasteiger partial charge >= 0.3 is 5.97 Å². The van der Waals surface area contributed by atoms with Crippen LogP contribution in [0.3, 0.4) is 0 Å². The summed E-state index contributed by atoms with van der Waals surface area (Å²) in [5.41, 5.74) is 0. The maximum Gasteiger partial charge on any atom is 0.330 e. The summed E-state index contributed by atoms with van der Waals surface area (Å²) in [5, 5.41) is 4.41. The van der Waals surface area contributed by atoms with Crippen molar-refractivity contribution in [3.8, 4) is 5.75 Å². The van der Waals surface area contributed by atoms with Crippen LogP contribution in [0.5, 0.6) is 5.75 Å². The van der Waals surface area contributed by atoms with Gasteiger partial charge < -0.3 is 14.2 Å². The Balaban J connectivity index is 1.52. The van der Waals surface area contributed by atoms with Crippen molar-refractivity contribution in [2.75, 3.05) is 26.4 Å². The Morgan fingerprint density at radius 2 is 1.53 bits per heavy atom. The van der Waals surface area contributed by atoms with E-state index in [4.69, 9.17) is 14.2 Å². The van der Waals surface area contributed by atoms with E-state index in [0.29, 0.717) is 19.8 Å². The van der Waals surface area contributed by atoms with Crippen LogP contribution < -0.4 is 4.74 Å². The zero-order valence-corrected chi connectivity index (χ0v) is 18.5. The van der Waals surface area contributed by atoms with Gasteiger partial charge in [-0.3, -0.25) is 0 Å². The molecule has 0 radical (unpaired) electrons. The summed E-state index contributed by atoms with van der Waals surface area (Å²) in [5.74, 6) is 0.409. The van der Waals surface area contributed by atoms with Gasteiger partial charge in [0.1, 0.15) is 19.0 Å². The molecule has 4 aromatic rings. The van der Waals surface area contributed by atoms with Gasteiger partial charge in [0.15, 0.2) is 0 Å². The Kier molecular flexibility index (Phi) is 7.43. The number of hydrogen-bond donors (Lipinski definition) is 0. The van der Waals surface area contributed by atoms with Crippen LogP contribution in [-0.2, 0) is 14.3 Å². The third-order valence-corrected chi connectivity index (χ3v) is 5.87. The standard InChI is InChI=1S/C27H24O4S/c1-2-26(28)30-16-14-29-15-17-31-27-24-11-7-6-8-20(24)18-21-12-13-23(19-25(21)27)32-22-9-4-3-5-10-22/h2-13,18-19H,1,14-17H2. The van der Waals surface area contributed by atoms with Crippen LogP contribution in [0.2, 0.25) is 0 Å². The molecule has 0 fully saturated rings. The zero-order valence-electron chi connectivity index (χ0n) is 17.7. The lowest BCUT2D eigenvalue weighted by molar-refractivity contribution is -0.139. The van der Waals surface area contributed by atoms with E-state index in [9.17, 15) is 4.79 Å². The lowest BCUT2D eigenvalue weighted by atomic mass is 10.0. The van der Waals surface area contributed by atoms with Crippen LogP contribution in [0.1, 0.15) is 0 Å². The Bertz CT molecular complexity index is 1220. The average Bonchev–Trinajstić information content (AvgIpc) is 2.83. The van der Waals surface area contributed by atoms with E-state index in [1.54, 1.807) is 11.8 Å². The van der Waals surface area contributed by atoms with Gasteiger partial charge in [0.2, 0.25) is 0 Å². The Labute approximate surface area is 191 Å². The van der Waals surface area contributed by atoms with Gasteiger partial charge in [-0.2, -0.15) is 0 Å². The molecule has 0 saturated heterocycles. The van der Waals surface area contributed by atoms with Gasteiger partial charge in [-0.15, -0.1) is 0 Å². The smallest absolute Gasteiger partial charge is 0.330 e. The molecule has 0 spiro atoms. The number of ether oxygens (including phenoxy) is 3. The number of rotatable bonds is 10. The van der Waals surface area contributed by atoms with Crippen molar-refractivity contribution in [2.24, 2.45) is 0 Å². The van der Waals surface area contributed by atoms with Crippen molar-refractivity contribution in [3.05, 3.63) is 91.5 Å². The fraction of sp³-hybridized carbons (Fsp3) is 0.148. The molecular formula is C27H24O4S. The van der Waals surface area contributed by atoms with Gasteiger partial charge in [0, 0.05) is 26.6 Å². The van der Waals surface area contributed by atoms with Gasteiger partial charge in [0.05, 0.1) is 13.2 Å². The summed E-state index contributed by atoms with van der Waals surface area (Å²) in [6.07, 6.45) is 1.14. The third kappa shape index (κ3) is 5.49. The maximum atomic E-state index is 11.1. The predicted octanol–water partition coefficient (Wildman–Crippen LogP) is 6.27. The second-order valence-electron chi connectivity index (χ2n) is 7.06. The largest absolute Gasteiger partial charge is 0.490 e. The molecule has 0 aliphatic heterocycles.